The van der Waals surface area contributed by atoms with Crippen molar-refractivity contribution in [3.63, 3.8) is 0 Å². The first-order valence-corrected chi connectivity index (χ1v) is 33.2. The Morgan fingerprint density at radius 2 is 0.626 bits per heavy atom. The van der Waals surface area contributed by atoms with E-state index in [2.05, 4.69) is 37.8 Å². The minimum atomic E-state index is -5.40. The average molecular weight is 1280 g/mol. The number of hydrogen-bond donors (Lipinski definition) is 0. The topological polar surface area (TPSA) is 158 Å². The molecule has 15 nitrogen and oxygen atoms in total. The molecule has 4 atom stereocenters. The third-order valence-electron chi connectivity index (χ3n) is 19.0. The van der Waals surface area contributed by atoms with Crippen LogP contribution < -0.4 is 0 Å². The number of nitrogens with zero attached hydrogens (tertiary/aromatic N) is 2. The average Bonchev–Trinajstić information content (AvgIpc) is 1.44. The number of hydrogen-bond acceptors (Lipinski definition) is 13. The van der Waals surface area contributed by atoms with Gasteiger partial charge in [0.25, 0.3) is 23.6 Å². The van der Waals surface area contributed by atoms with Gasteiger partial charge < -0.3 is 42.6 Å². The van der Waals surface area contributed by atoms with Gasteiger partial charge in [0.15, 0.2) is 0 Å². The van der Waals surface area contributed by atoms with Crippen molar-refractivity contribution in [3.8, 4) is 23.9 Å². The second kappa shape index (κ2) is 31.2. The van der Waals surface area contributed by atoms with Crippen molar-refractivity contribution in [2.45, 2.75) is 189 Å². The Bertz CT molecular complexity index is 2830. The molecule has 21 heteroatoms. The fraction of sp³-hybridized carbons (Fsp3) is 0.657. The number of amides is 4. The molecule has 10 rings (SSSR count). The molecular weight excluding hydrogens is 1190 g/mol. The number of rotatable bonds is 40. The first-order chi connectivity index (χ1) is 44.1. The summed E-state index contributed by atoms with van der Waals surface area (Å²) in [5.41, 5.74) is -8.80. The second-order valence-corrected chi connectivity index (χ2v) is 24.8. The third-order valence-corrected chi connectivity index (χ3v) is 19.0. The largest absolute Gasteiger partial charge is 0.425 e. The summed E-state index contributed by atoms with van der Waals surface area (Å²) in [6.07, 6.45) is 11.4. The SMILES string of the molecule is CCCCCCCCCCCOCCOCCOCCOCC#CN1C(=O)c2cc3c(cc2C1=O)C1CC3C2=C1C1(C(F)(F)F)OC2(C(F)(F)F)C2=C1C1CC2c2cc3c(cc21)C(=O)N(C#CCOCCOCCOCCOCCCCCCCCCCC)C3=O. The lowest BCUT2D eigenvalue weighted by Crippen LogP contribution is -2.52. The van der Waals surface area contributed by atoms with Gasteiger partial charge in [-0.1, -0.05) is 128 Å². The van der Waals surface area contributed by atoms with Crippen LogP contribution in [0.1, 0.15) is 230 Å². The van der Waals surface area contributed by atoms with E-state index < -0.39 is 93.1 Å². The first kappa shape index (κ1) is 68.4. The minimum Gasteiger partial charge on any atom is -0.379 e. The van der Waals surface area contributed by atoms with Crippen LogP contribution in [0, 0.1) is 23.9 Å². The molecule has 4 unspecified atom stereocenters. The molecule has 4 aliphatic heterocycles. The standard InChI is InChI=1S/C70H86F6N2O13/c1-3-5-7-9-11-13-15-17-19-25-83-29-33-87-37-39-89-35-31-85-27-21-23-77-63(79)55-41-47-48(42-56(55)64(77)80)52-45-51(47)59-60(52)68(70(74,75)76)62-54-46-53(61(62)67(59,91-68)69(71,72)73)49-43-57-58(44-50(49)54)66(82)78(65(57)81)24-22-28-86-32-36-90-40-38-88-34-30-84-26-20-18-16-14-12-10-8-6-4-2/h41-44,51-54H,3-20,25-40,45-46H2,1-2H3. The molecule has 0 fully saturated rings. The van der Waals surface area contributed by atoms with Crippen molar-refractivity contribution in [1.29, 1.82) is 0 Å². The number of alkyl halides is 6. The van der Waals surface area contributed by atoms with Gasteiger partial charge in [-0.2, -0.15) is 36.1 Å². The number of imide groups is 2. The maximum Gasteiger partial charge on any atom is 0.425 e. The van der Waals surface area contributed by atoms with E-state index in [0.29, 0.717) is 75.9 Å². The van der Waals surface area contributed by atoms with Gasteiger partial charge in [0.05, 0.1) is 102 Å². The molecule has 4 heterocycles. The van der Waals surface area contributed by atoms with E-state index in [-0.39, 0.29) is 97.0 Å². The molecule has 2 aromatic rings. The van der Waals surface area contributed by atoms with Gasteiger partial charge in [-0.05, 0) is 94.5 Å². The van der Waals surface area contributed by atoms with Crippen molar-refractivity contribution in [3.05, 3.63) is 91.1 Å². The molecule has 0 N–H and O–H groups in total. The van der Waals surface area contributed by atoms with E-state index in [0.717, 1.165) is 12.8 Å². The molecule has 0 saturated carbocycles. The van der Waals surface area contributed by atoms with E-state index in [1.807, 2.05) is 0 Å². The highest BCUT2D eigenvalue weighted by Crippen LogP contribution is 2.82. The van der Waals surface area contributed by atoms with Crippen LogP contribution in [0.2, 0.25) is 0 Å². The number of halogens is 6. The van der Waals surface area contributed by atoms with Crippen molar-refractivity contribution < 1.29 is 88.2 Å². The lowest BCUT2D eigenvalue weighted by molar-refractivity contribution is -0.303. The molecular formula is C70H86F6N2O13. The number of benzene rings is 2. The van der Waals surface area contributed by atoms with Crippen LogP contribution in [-0.2, 0) is 42.6 Å². The van der Waals surface area contributed by atoms with Crippen LogP contribution >= 0.6 is 0 Å². The molecule has 0 spiro atoms. The van der Waals surface area contributed by atoms with Crippen LogP contribution in [-0.4, -0.2) is 163 Å². The van der Waals surface area contributed by atoms with E-state index in [9.17, 15) is 19.2 Å². The maximum absolute atomic E-state index is 16.4. The molecule has 4 amide bonds. The predicted molar refractivity (Wildman–Crippen MR) is 323 cm³/mol. The Hall–Kier alpha value is -5.46. The Kier molecular flexibility index (Phi) is 23.4. The van der Waals surface area contributed by atoms with Crippen molar-refractivity contribution in [2.24, 2.45) is 0 Å². The summed E-state index contributed by atoms with van der Waals surface area (Å²) in [7, 11) is 0. The molecule has 2 aromatic carbocycles. The lowest BCUT2D eigenvalue weighted by atomic mass is 9.62. The fourth-order valence-corrected chi connectivity index (χ4v) is 14.9. The van der Waals surface area contributed by atoms with Gasteiger partial charge in [0.2, 0.25) is 11.2 Å². The van der Waals surface area contributed by atoms with Gasteiger partial charge >= 0.3 is 12.4 Å². The molecule has 4 aliphatic carbocycles. The van der Waals surface area contributed by atoms with Crippen LogP contribution in [0.25, 0.3) is 0 Å². The number of carbonyl (C=O) groups is 4. The molecule has 496 valence electrons. The van der Waals surface area contributed by atoms with Gasteiger partial charge in [-0.3, -0.25) is 19.2 Å². The summed E-state index contributed by atoms with van der Waals surface area (Å²) in [6, 6.07) is 10.3. The summed E-state index contributed by atoms with van der Waals surface area (Å²) in [5.74, 6) is -2.99. The highest BCUT2D eigenvalue weighted by molar-refractivity contribution is 6.23. The number of unbranched alkanes of at least 4 members (excludes halogenated alkanes) is 16. The predicted octanol–water partition coefficient (Wildman–Crippen LogP) is 13.1. The Balaban J connectivity index is 0.688. The van der Waals surface area contributed by atoms with E-state index in [1.54, 1.807) is 0 Å². The quantitative estimate of drug-likeness (QED) is 0.0204. The molecule has 91 heavy (non-hydrogen) atoms. The Morgan fingerprint density at radius 3 is 0.890 bits per heavy atom. The van der Waals surface area contributed by atoms with E-state index in [1.165, 1.54) is 127 Å². The summed E-state index contributed by atoms with van der Waals surface area (Å²) in [5, 5.41) is 0. The maximum atomic E-state index is 16.4. The first-order valence-electron chi connectivity index (χ1n) is 33.2. The lowest BCUT2D eigenvalue weighted by Gasteiger charge is -2.40. The summed E-state index contributed by atoms with van der Waals surface area (Å²) < 4.78 is 148. The van der Waals surface area contributed by atoms with Gasteiger partial charge in [-0.15, -0.1) is 0 Å². The van der Waals surface area contributed by atoms with E-state index >= 15 is 26.3 Å². The molecule has 8 aliphatic rings. The van der Waals surface area contributed by atoms with Crippen LogP contribution in [0.5, 0.6) is 0 Å². The molecule has 0 aromatic heterocycles. The third kappa shape index (κ3) is 14.0. The van der Waals surface area contributed by atoms with Crippen molar-refractivity contribution >= 4 is 23.6 Å². The highest BCUT2D eigenvalue weighted by Gasteiger charge is 2.87. The number of carbonyl (C=O) groups excluding carboxylic acids is 4. The normalized spacial score (nSPS) is 22.8. The number of ether oxygens (including phenoxy) is 9. The van der Waals surface area contributed by atoms with Crippen LogP contribution in [0.4, 0.5) is 26.3 Å². The summed E-state index contributed by atoms with van der Waals surface area (Å²) >= 11 is 0. The Labute approximate surface area is 529 Å². The molecule has 0 saturated heterocycles. The van der Waals surface area contributed by atoms with Crippen LogP contribution in [0.3, 0.4) is 0 Å². The molecule has 0 radical (unpaired) electrons. The number of fused-ring (bicyclic) bond motifs is 22. The van der Waals surface area contributed by atoms with E-state index in [4.69, 9.17) is 42.6 Å². The smallest absolute Gasteiger partial charge is 0.379 e. The molecule has 6 bridgehead atoms. The van der Waals surface area contributed by atoms with Gasteiger partial charge in [0.1, 0.15) is 13.2 Å². The van der Waals surface area contributed by atoms with Crippen LogP contribution in [0.15, 0.2) is 46.6 Å². The Morgan fingerprint density at radius 1 is 0.385 bits per heavy atom. The summed E-state index contributed by atoms with van der Waals surface area (Å²) in [6.45, 7) is 9.62. The fourth-order valence-electron chi connectivity index (χ4n) is 14.9. The van der Waals surface area contributed by atoms with Gasteiger partial charge in [-0.25, -0.2) is 0 Å². The van der Waals surface area contributed by atoms with Crippen molar-refractivity contribution in [2.75, 3.05) is 106 Å². The van der Waals surface area contributed by atoms with Crippen molar-refractivity contribution in [1.82, 2.24) is 9.80 Å². The zero-order valence-corrected chi connectivity index (χ0v) is 52.5. The second-order valence-electron chi connectivity index (χ2n) is 24.8. The monoisotopic (exact) mass is 1280 g/mol. The zero-order chi connectivity index (χ0) is 64.2. The zero-order valence-electron chi connectivity index (χ0n) is 52.5. The summed E-state index contributed by atoms with van der Waals surface area (Å²) in [4.78, 5) is 56.5. The highest BCUT2D eigenvalue weighted by atomic mass is 19.4. The van der Waals surface area contributed by atoms with Gasteiger partial charge in [0, 0.05) is 49.0 Å². The minimum absolute atomic E-state index is 0.128.